The third-order valence-electron chi connectivity index (χ3n) is 2.98. The lowest BCUT2D eigenvalue weighted by molar-refractivity contribution is 0.582. The van der Waals surface area contributed by atoms with Crippen LogP contribution < -0.4 is 11.2 Å². The molecule has 0 aliphatic heterocycles. The Labute approximate surface area is 132 Å². The molecule has 2 heterocycles. The fourth-order valence-electron chi connectivity index (χ4n) is 1.93. The van der Waals surface area contributed by atoms with Crippen molar-refractivity contribution in [3.05, 3.63) is 47.4 Å². The van der Waals surface area contributed by atoms with Crippen LogP contribution in [0.2, 0.25) is 0 Å². The van der Waals surface area contributed by atoms with Gasteiger partial charge < -0.3 is 0 Å². The quantitative estimate of drug-likeness (QED) is 0.843. The topological polar surface area (TPSA) is 72.7 Å². The van der Waals surface area contributed by atoms with E-state index in [-0.39, 0.29) is 0 Å². The van der Waals surface area contributed by atoms with Gasteiger partial charge in [0.05, 0.1) is 26.9 Å². The minimum absolute atomic E-state index is 0.325. The summed E-state index contributed by atoms with van der Waals surface area (Å²) in [5.74, 6) is 0. The van der Waals surface area contributed by atoms with Gasteiger partial charge in [-0.2, -0.15) is 5.10 Å². The van der Waals surface area contributed by atoms with Gasteiger partial charge in [0, 0.05) is 12.7 Å². The van der Waals surface area contributed by atoms with E-state index in [4.69, 9.17) is 0 Å². The van der Waals surface area contributed by atoms with Crippen molar-refractivity contribution in [1.82, 2.24) is 19.3 Å². The third kappa shape index (κ3) is 2.80. The molecule has 0 aliphatic carbocycles. The zero-order chi connectivity index (χ0) is 14.9. The van der Waals surface area contributed by atoms with E-state index in [0.717, 1.165) is 22.3 Å². The number of hydrogen-bond acceptors (Lipinski definition) is 3. The van der Waals surface area contributed by atoms with E-state index in [1.54, 1.807) is 0 Å². The lowest BCUT2D eigenvalue weighted by Crippen LogP contribution is -2.30. The molecule has 2 aromatic heterocycles. The molecule has 0 aromatic carbocycles. The third-order valence-corrected chi connectivity index (χ3v) is 4.46. The van der Waals surface area contributed by atoms with Crippen LogP contribution in [0.15, 0.2) is 24.7 Å². The maximum Gasteiger partial charge on any atom is 0.328 e. The molecule has 1 N–H and O–H groups in total. The van der Waals surface area contributed by atoms with E-state index in [2.05, 4.69) is 41.9 Å². The molecule has 0 radical (unpaired) electrons. The van der Waals surface area contributed by atoms with Gasteiger partial charge in [0.2, 0.25) is 0 Å². The molecule has 0 spiro atoms. The molecule has 108 valence electrons. The monoisotopic (exact) mass is 404 g/mol. The summed E-state index contributed by atoms with van der Waals surface area (Å²) in [6, 6.07) is 0. The summed E-state index contributed by atoms with van der Waals surface area (Å²) in [5, 5.41) is 4.48. The Bertz CT molecular complexity index is 745. The first-order chi connectivity index (χ1) is 9.47. The molecule has 0 saturated carbocycles. The zero-order valence-corrected chi connectivity index (χ0v) is 14.3. The van der Waals surface area contributed by atoms with E-state index < -0.39 is 11.2 Å². The number of rotatable bonds is 4. The van der Waals surface area contributed by atoms with E-state index in [1.807, 2.05) is 18.5 Å². The maximum absolute atomic E-state index is 11.8. The standard InChI is InChI=1S/C12H14Br2N4O2/c1-3-8-10(14)9(18(4-2)16-8)6-17-5-7(13)11(19)15-12(17)20/h5H,3-4,6H2,1-2H3,(H,15,19,20). The molecular formula is C12H14Br2N4O2. The van der Waals surface area contributed by atoms with Crippen molar-refractivity contribution in [2.24, 2.45) is 0 Å². The van der Waals surface area contributed by atoms with Crippen molar-refractivity contribution < 1.29 is 0 Å². The summed E-state index contributed by atoms with van der Waals surface area (Å²) in [7, 11) is 0. The summed E-state index contributed by atoms with van der Waals surface area (Å²) in [5.41, 5.74) is 0.999. The SMILES string of the molecule is CCc1nn(CC)c(Cn2cc(Br)c(=O)[nH]c2=O)c1Br. The highest BCUT2D eigenvalue weighted by Crippen LogP contribution is 2.22. The Morgan fingerprint density at radius 3 is 2.60 bits per heavy atom. The average Bonchev–Trinajstić information content (AvgIpc) is 2.72. The first-order valence-electron chi connectivity index (χ1n) is 6.21. The summed E-state index contributed by atoms with van der Waals surface area (Å²) >= 11 is 6.66. The Hall–Kier alpha value is -1.15. The van der Waals surface area contributed by atoms with E-state index in [1.165, 1.54) is 10.8 Å². The molecule has 0 atom stereocenters. The van der Waals surface area contributed by atoms with Crippen molar-refractivity contribution >= 4 is 31.9 Å². The molecule has 0 aliphatic rings. The van der Waals surface area contributed by atoms with Crippen LogP contribution in [0.4, 0.5) is 0 Å². The fraction of sp³-hybridized carbons (Fsp3) is 0.417. The molecule has 6 nitrogen and oxygen atoms in total. The van der Waals surface area contributed by atoms with Gasteiger partial charge in [-0.05, 0) is 45.2 Å². The van der Waals surface area contributed by atoms with Gasteiger partial charge in [-0.3, -0.25) is 19.0 Å². The van der Waals surface area contributed by atoms with Crippen LogP contribution >= 0.6 is 31.9 Å². The summed E-state index contributed by atoms with van der Waals surface area (Å²) in [6.07, 6.45) is 2.30. The Morgan fingerprint density at radius 1 is 1.30 bits per heavy atom. The Kier molecular flexibility index (Phi) is 4.64. The van der Waals surface area contributed by atoms with Gasteiger partial charge in [-0.15, -0.1) is 0 Å². The predicted molar refractivity (Wildman–Crippen MR) is 83.1 cm³/mol. The second-order valence-electron chi connectivity index (χ2n) is 4.24. The van der Waals surface area contributed by atoms with Gasteiger partial charge in [-0.25, -0.2) is 4.79 Å². The number of halogens is 2. The highest BCUT2D eigenvalue weighted by molar-refractivity contribution is 9.10. The Morgan fingerprint density at radius 2 is 2.00 bits per heavy atom. The molecule has 0 fully saturated rings. The summed E-state index contributed by atoms with van der Waals surface area (Å²) in [6.45, 7) is 5.08. The molecule has 8 heteroatoms. The lowest BCUT2D eigenvalue weighted by atomic mass is 10.3. The van der Waals surface area contributed by atoms with Gasteiger partial charge in [0.1, 0.15) is 0 Å². The van der Waals surface area contributed by atoms with Crippen molar-refractivity contribution in [2.45, 2.75) is 33.4 Å². The van der Waals surface area contributed by atoms with Crippen LogP contribution in [0.1, 0.15) is 25.2 Å². The van der Waals surface area contributed by atoms with E-state index >= 15 is 0 Å². The highest BCUT2D eigenvalue weighted by atomic mass is 79.9. The smallest absolute Gasteiger partial charge is 0.293 e. The van der Waals surface area contributed by atoms with E-state index in [0.29, 0.717) is 17.6 Å². The van der Waals surface area contributed by atoms with Gasteiger partial charge in [0.25, 0.3) is 5.56 Å². The van der Waals surface area contributed by atoms with Crippen molar-refractivity contribution in [1.29, 1.82) is 0 Å². The average molecular weight is 406 g/mol. The summed E-state index contributed by atoms with van der Waals surface area (Å²) in [4.78, 5) is 25.4. The van der Waals surface area contributed by atoms with Crippen LogP contribution in [0.3, 0.4) is 0 Å². The summed E-state index contributed by atoms with van der Waals surface area (Å²) < 4.78 is 4.54. The number of aromatic amines is 1. The molecule has 2 aromatic rings. The van der Waals surface area contributed by atoms with Gasteiger partial charge in [0.15, 0.2) is 0 Å². The first kappa shape index (κ1) is 15.2. The lowest BCUT2D eigenvalue weighted by Gasteiger charge is -2.08. The molecule has 2 rings (SSSR count). The number of aromatic nitrogens is 4. The van der Waals surface area contributed by atoms with Crippen LogP contribution in [0, 0.1) is 0 Å². The molecule has 0 amide bonds. The number of H-pyrrole nitrogens is 1. The largest absolute Gasteiger partial charge is 0.328 e. The van der Waals surface area contributed by atoms with Gasteiger partial charge in [-0.1, -0.05) is 6.92 Å². The number of nitrogens with one attached hydrogen (secondary N) is 1. The minimum atomic E-state index is -0.438. The van der Waals surface area contributed by atoms with Crippen LogP contribution in [-0.4, -0.2) is 19.3 Å². The number of nitrogens with zero attached hydrogens (tertiary/aromatic N) is 3. The Balaban J connectivity index is 2.50. The fourth-order valence-corrected chi connectivity index (χ4v) is 2.97. The maximum atomic E-state index is 11.8. The van der Waals surface area contributed by atoms with Crippen molar-refractivity contribution in [2.75, 3.05) is 0 Å². The highest BCUT2D eigenvalue weighted by Gasteiger charge is 2.15. The number of hydrogen-bond donors (Lipinski definition) is 1. The van der Waals surface area contributed by atoms with E-state index in [9.17, 15) is 9.59 Å². The second kappa shape index (κ2) is 6.09. The molecule has 0 unspecified atom stereocenters. The van der Waals surface area contributed by atoms with Crippen molar-refractivity contribution in [3.8, 4) is 0 Å². The normalized spacial score (nSPS) is 11.0. The predicted octanol–water partition coefficient (Wildman–Crippen LogP) is 1.89. The molecule has 20 heavy (non-hydrogen) atoms. The molecule has 0 bridgehead atoms. The van der Waals surface area contributed by atoms with Crippen LogP contribution in [0.5, 0.6) is 0 Å². The molecular weight excluding hydrogens is 392 g/mol. The zero-order valence-electron chi connectivity index (χ0n) is 11.1. The van der Waals surface area contributed by atoms with Crippen LogP contribution in [-0.2, 0) is 19.5 Å². The van der Waals surface area contributed by atoms with Crippen molar-refractivity contribution in [3.63, 3.8) is 0 Å². The van der Waals surface area contributed by atoms with Crippen LogP contribution in [0.25, 0.3) is 0 Å². The molecule has 0 saturated heterocycles. The first-order valence-corrected chi connectivity index (χ1v) is 7.79. The minimum Gasteiger partial charge on any atom is -0.293 e. The number of aryl methyl sites for hydroxylation is 2. The second-order valence-corrected chi connectivity index (χ2v) is 5.89. The van der Waals surface area contributed by atoms with Gasteiger partial charge >= 0.3 is 5.69 Å².